The van der Waals surface area contributed by atoms with Crippen LogP contribution in [0.4, 0.5) is 5.69 Å². The predicted octanol–water partition coefficient (Wildman–Crippen LogP) is 2.61. The number of aromatic nitrogens is 2. The van der Waals surface area contributed by atoms with Crippen molar-refractivity contribution in [3.63, 3.8) is 0 Å². The molecule has 3 rings (SSSR count). The smallest absolute Gasteiger partial charge is 0.251 e. The number of H-pyrrole nitrogens is 1. The van der Waals surface area contributed by atoms with Gasteiger partial charge in [0.25, 0.3) is 5.56 Å². The van der Waals surface area contributed by atoms with E-state index in [9.17, 15) is 9.59 Å². The number of hydrogen-bond donors (Lipinski definition) is 2. The van der Waals surface area contributed by atoms with Crippen molar-refractivity contribution in [2.45, 2.75) is 37.1 Å². The lowest BCUT2D eigenvalue weighted by Crippen LogP contribution is -2.23. The first kappa shape index (κ1) is 18.3. The van der Waals surface area contributed by atoms with Gasteiger partial charge < -0.3 is 19.8 Å². The average molecular weight is 375 g/mol. The summed E-state index contributed by atoms with van der Waals surface area (Å²) in [5.74, 6) is 1.11. The molecule has 0 saturated heterocycles. The Balaban J connectivity index is 1.65. The van der Waals surface area contributed by atoms with Crippen molar-refractivity contribution in [3.05, 3.63) is 40.3 Å². The van der Waals surface area contributed by atoms with E-state index < -0.39 is 5.25 Å². The highest BCUT2D eigenvalue weighted by atomic mass is 32.2. The number of hydrogen-bond acceptors (Lipinski definition) is 6. The number of ether oxygens (including phenoxy) is 2. The zero-order valence-electron chi connectivity index (χ0n) is 14.7. The lowest BCUT2D eigenvalue weighted by molar-refractivity contribution is -0.115. The maximum absolute atomic E-state index is 12.5. The van der Waals surface area contributed by atoms with Crippen LogP contribution in [0.25, 0.3) is 0 Å². The number of rotatable bonds is 6. The zero-order chi connectivity index (χ0) is 18.5. The number of nitrogens with zero attached hydrogens (tertiary/aromatic N) is 1. The second-order valence-electron chi connectivity index (χ2n) is 5.90. The van der Waals surface area contributed by atoms with Crippen LogP contribution in [-0.2, 0) is 11.2 Å². The molecule has 1 aliphatic heterocycles. The molecule has 0 radical (unpaired) electrons. The molecule has 0 saturated carbocycles. The summed E-state index contributed by atoms with van der Waals surface area (Å²) in [7, 11) is 0. The van der Waals surface area contributed by atoms with Crippen molar-refractivity contribution in [3.8, 4) is 11.5 Å². The van der Waals surface area contributed by atoms with Crippen LogP contribution in [0, 0.1) is 0 Å². The molecule has 1 aromatic heterocycles. The van der Waals surface area contributed by atoms with Crippen molar-refractivity contribution >= 4 is 23.4 Å². The van der Waals surface area contributed by atoms with Crippen molar-refractivity contribution in [2.75, 3.05) is 18.5 Å². The summed E-state index contributed by atoms with van der Waals surface area (Å²) in [5, 5.41) is 2.87. The van der Waals surface area contributed by atoms with Gasteiger partial charge in [-0.1, -0.05) is 25.1 Å². The fraction of sp³-hybridized carbons (Fsp3) is 0.389. The highest BCUT2D eigenvalue weighted by Gasteiger charge is 2.18. The van der Waals surface area contributed by atoms with Crippen molar-refractivity contribution < 1.29 is 14.3 Å². The number of thioether (sulfide) groups is 1. The summed E-state index contributed by atoms with van der Waals surface area (Å²) in [4.78, 5) is 31.3. The SMILES string of the molecule is CCCc1cc(=O)[nH]c(SC(C)C(=O)Nc2ccc3c(c2)OCCO3)n1. The Morgan fingerprint density at radius 2 is 2.08 bits per heavy atom. The molecule has 0 fully saturated rings. The second-order valence-corrected chi connectivity index (χ2v) is 7.23. The van der Waals surface area contributed by atoms with Gasteiger partial charge in [0.2, 0.25) is 5.91 Å². The molecule has 1 amide bonds. The predicted molar refractivity (Wildman–Crippen MR) is 100 cm³/mol. The van der Waals surface area contributed by atoms with Crippen LogP contribution in [0.1, 0.15) is 26.0 Å². The molecule has 0 bridgehead atoms. The van der Waals surface area contributed by atoms with Crippen LogP contribution in [-0.4, -0.2) is 34.3 Å². The van der Waals surface area contributed by atoms with Crippen molar-refractivity contribution in [1.29, 1.82) is 0 Å². The van der Waals surface area contributed by atoms with E-state index in [4.69, 9.17) is 9.47 Å². The average Bonchev–Trinajstić information content (AvgIpc) is 2.61. The van der Waals surface area contributed by atoms with Crippen molar-refractivity contribution in [1.82, 2.24) is 9.97 Å². The van der Waals surface area contributed by atoms with E-state index >= 15 is 0 Å². The Morgan fingerprint density at radius 3 is 2.85 bits per heavy atom. The number of aryl methyl sites for hydroxylation is 1. The monoisotopic (exact) mass is 375 g/mol. The van der Waals surface area contributed by atoms with Gasteiger partial charge in [-0.15, -0.1) is 0 Å². The summed E-state index contributed by atoms with van der Waals surface area (Å²) in [6.45, 7) is 4.81. The van der Waals surface area contributed by atoms with Gasteiger partial charge in [-0.3, -0.25) is 9.59 Å². The molecule has 2 N–H and O–H groups in total. The van der Waals surface area contributed by atoms with E-state index in [1.807, 2.05) is 6.92 Å². The quantitative estimate of drug-likeness (QED) is 0.595. The summed E-state index contributed by atoms with van der Waals surface area (Å²) < 4.78 is 11.0. The number of benzene rings is 1. The molecule has 1 aliphatic rings. The Hall–Kier alpha value is -2.48. The first-order chi connectivity index (χ1) is 12.5. The minimum Gasteiger partial charge on any atom is -0.486 e. The highest BCUT2D eigenvalue weighted by molar-refractivity contribution is 8.00. The largest absolute Gasteiger partial charge is 0.486 e. The van der Waals surface area contributed by atoms with Crippen LogP contribution in [0.3, 0.4) is 0 Å². The molecule has 2 aromatic rings. The maximum Gasteiger partial charge on any atom is 0.251 e. The molecule has 0 spiro atoms. The van der Waals surface area contributed by atoms with Gasteiger partial charge in [0.15, 0.2) is 16.7 Å². The lowest BCUT2D eigenvalue weighted by atomic mass is 10.2. The first-order valence-electron chi connectivity index (χ1n) is 8.52. The van der Waals surface area contributed by atoms with E-state index in [0.717, 1.165) is 18.5 Å². The number of fused-ring (bicyclic) bond motifs is 1. The van der Waals surface area contributed by atoms with E-state index in [2.05, 4.69) is 15.3 Å². The number of anilines is 1. The third-order valence-electron chi connectivity index (χ3n) is 3.75. The molecule has 2 heterocycles. The van der Waals surface area contributed by atoms with E-state index in [1.165, 1.54) is 17.8 Å². The van der Waals surface area contributed by atoms with Crippen LogP contribution in [0.15, 0.2) is 34.2 Å². The molecule has 1 atom stereocenters. The van der Waals surface area contributed by atoms with Gasteiger partial charge >= 0.3 is 0 Å². The number of carbonyl (C=O) groups is 1. The Bertz CT molecular complexity index is 853. The van der Waals surface area contributed by atoms with Gasteiger partial charge in [0, 0.05) is 23.5 Å². The Kier molecular flexibility index (Phi) is 5.82. The van der Waals surface area contributed by atoms with Crippen LogP contribution in [0.5, 0.6) is 11.5 Å². The third-order valence-corrected chi connectivity index (χ3v) is 4.73. The first-order valence-corrected chi connectivity index (χ1v) is 9.40. The van der Waals surface area contributed by atoms with Crippen LogP contribution < -0.4 is 20.3 Å². The molecule has 8 heteroatoms. The number of nitrogens with one attached hydrogen (secondary N) is 2. The van der Waals surface area contributed by atoms with E-state index in [0.29, 0.717) is 35.6 Å². The summed E-state index contributed by atoms with van der Waals surface area (Å²) >= 11 is 1.22. The topological polar surface area (TPSA) is 93.3 Å². The minimum atomic E-state index is -0.428. The minimum absolute atomic E-state index is 0.185. The standard InChI is InChI=1S/C18H21N3O4S/c1-3-4-12-10-16(22)21-18(20-12)26-11(2)17(23)19-13-5-6-14-15(9-13)25-8-7-24-14/h5-6,9-11H,3-4,7-8H2,1-2H3,(H,19,23)(H,20,21,22). The number of aromatic amines is 1. The molecule has 0 aliphatic carbocycles. The Labute approximate surface area is 155 Å². The van der Waals surface area contributed by atoms with Crippen LogP contribution in [0.2, 0.25) is 0 Å². The summed E-state index contributed by atoms with van der Waals surface area (Å²) in [6, 6.07) is 6.78. The molecule has 1 aromatic carbocycles. The van der Waals surface area contributed by atoms with Gasteiger partial charge in [-0.05, 0) is 25.5 Å². The Morgan fingerprint density at radius 1 is 1.31 bits per heavy atom. The summed E-state index contributed by atoms with van der Waals surface area (Å²) in [6.07, 6.45) is 1.63. The number of carbonyl (C=O) groups excluding carboxylic acids is 1. The molecule has 26 heavy (non-hydrogen) atoms. The molecular weight excluding hydrogens is 354 g/mol. The maximum atomic E-state index is 12.5. The van der Waals surface area contributed by atoms with Gasteiger partial charge in [-0.2, -0.15) is 0 Å². The zero-order valence-corrected chi connectivity index (χ0v) is 15.5. The third kappa shape index (κ3) is 4.57. The van der Waals surface area contributed by atoms with E-state index in [1.54, 1.807) is 25.1 Å². The summed E-state index contributed by atoms with van der Waals surface area (Å²) in [5.41, 5.74) is 1.16. The van der Waals surface area contributed by atoms with Gasteiger partial charge in [-0.25, -0.2) is 4.98 Å². The second kappa shape index (κ2) is 8.27. The molecule has 1 unspecified atom stereocenters. The fourth-order valence-corrected chi connectivity index (χ4v) is 3.34. The van der Waals surface area contributed by atoms with E-state index in [-0.39, 0.29) is 11.5 Å². The van der Waals surface area contributed by atoms with Gasteiger partial charge in [0.1, 0.15) is 13.2 Å². The molecule has 7 nitrogen and oxygen atoms in total. The highest BCUT2D eigenvalue weighted by Crippen LogP contribution is 2.33. The molecular formula is C18H21N3O4S. The lowest BCUT2D eigenvalue weighted by Gasteiger charge is -2.19. The van der Waals surface area contributed by atoms with Gasteiger partial charge in [0.05, 0.1) is 5.25 Å². The van der Waals surface area contributed by atoms with Crippen LogP contribution >= 0.6 is 11.8 Å². The fourth-order valence-electron chi connectivity index (χ4n) is 2.51. The van der Waals surface area contributed by atoms with Crippen molar-refractivity contribution in [2.24, 2.45) is 0 Å². The number of amides is 1. The molecule has 138 valence electrons. The normalized spacial score (nSPS) is 13.9.